The van der Waals surface area contributed by atoms with Gasteiger partial charge in [0.05, 0.1) is 17.3 Å². The van der Waals surface area contributed by atoms with Crippen molar-refractivity contribution in [2.24, 2.45) is 0 Å². The number of nitrogens with zero attached hydrogens (tertiary/aromatic N) is 3. The summed E-state index contributed by atoms with van der Waals surface area (Å²) in [6, 6.07) is 2.00. The largest absolute Gasteiger partial charge is 0.460 e. The number of amides is 2. The maximum absolute atomic E-state index is 13.2. The molecule has 0 saturated carbocycles. The van der Waals surface area contributed by atoms with Gasteiger partial charge in [0.1, 0.15) is 28.7 Å². The fourth-order valence-electron chi connectivity index (χ4n) is 4.52. The third kappa shape index (κ3) is 10.2. The van der Waals surface area contributed by atoms with E-state index in [0.29, 0.717) is 36.1 Å². The van der Waals surface area contributed by atoms with Gasteiger partial charge in [-0.1, -0.05) is 0 Å². The predicted octanol–water partition coefficient (Wildman–Crippen LogP) is 2.34. The third-order valence-electron chi connectivity index (χ3n) is 6.50. The van der Waals surface area contributed by atoms with Crippen LogP contribution in [-0.2, 0) is 23.9 Å². The van der Waals surface area contributed by atoms with Gasteiger partial charge in [-0.15, -0.1) is 0 Å². The number of carbonyl (C=O) groups excluding carboxylic acids is 4. The van der Waals surface area contributed by atoms with E-state index in [2.05, 4.69) is 36.2 Å². The molecule has 15 heteroatoms. The fraction of sp³-hybridized carbons (Fsp3) is 0.567. The number of pyridine rings is 1. The average molecular weight is 629 g/mol. The predicted molar refractivity (Wildman–Crippen MR) is 169 cm³/mol. The van der Waals surface area contributed by atoms with Gasteiger partial charge in [-0.25, -0.2) is 9.78 Å². The van der Waals surface area contributed by atoms with E-state index in [-0.39, 0.29) is 36.3 Å². The van der Waals surface area contributed by atoms with Crippen molar-refractivity contribution in [3.05, 3.63) is 33.7 Å². The second-order valence-corrected chi connectivity index (χ2v) is 12.8. The Labute approximate surface area is 262 Å². The van der Waals surface area contributed by atoms with E-state index in [9.17, 15) is 24.0 Å². The van der Waals surface area contributed by atoms with Gasteiger partial charge >= 0.3 is 11.9 Å². The number of hydrogen-bond acceptors (Lipinski definition) is 12. The van der Waals surface area contributed by atoms with Crippen LogP contribution in [0.4, 0.5) is 23.3 Å². The molecule has 246 valence electrons. The summed E-state index contributed by atoms with van der Waals surface area (Å²) in [6.07, 6.45) is -0.0877. The van der Waals surface area contributed by atoms with Crippen LogP contribution in [0.25, 0.3) is 0 Å². The topological polar surface area (TPSA) is 197 Å². The summed E-state index contributed by atoms with van der Waals surface area (Å²) in [7, 11) is 1.77. The van der Waals surface area contributed by atoms with Crippen LogP contribution in [0.3, 0.4) is 0 Å². The first-order chi connectivity index (χ1) is 20.8. The molecule has 3 rings (SSSR count). The van der Waals surface area contributed by atoms with E-state index in [0.717, 1.165) is 0 Å². The number of fused-ring (bicyclic) bond motifs is 1. The number of esters is 2. The molecule has 2 atom stereocenters. The molecule has 0 bridgehead atoms. The number of aryl methyl sites for hydroxylation is 1. The van der Waals surface area contributed by atoms with Crippen molar-refractivity contribution in [1.29, 1.82) is 0 Å². The van der Waals surface area contributed by atoms with Crippen LogP contribution in [0.1, 0.15) is 77.4 Å². The van der Waals surface area contributed by atoms with Crippen molar-refractivity contribution in [3.63, 3.8) is 0 Å². The molecule has 15 nitrogen and oxygen atoms in total. The number of aromatic nitrogens is 3. The van der Waals surface area contributed by atoms with Crippen molar-refractivity contribution in [2.75, 3.05) is 41.0 Å². The van der Waals surface area contributed by atoms with Crippen LogP contribution >= 0.6 is 0 Å². The number of ether oxygens (including phenoxy) is 2. The lowest BCUT2D eigenvalue weighted by molar-refractivity contribution is -0.158. The lowest BCUT2D eigenvalue weighted by Crippen LogP contribution is -2.48. The third-order valence-corrected chi connectivity index (χ3v) is 6.50. The Kier molecular flexibility index (Phi) is 10.8. The molecule has 0 aliphatic carbocycles. The quantitative estimate of drug-likeness (QED) is 0.241. The fourth-order valence-corrected chi connectivity index (χ4v) is 4.52. The molecule has 1 aliphatic rings. The van der Waals surface area contributed by atoms with E-state index < -0.39 is 40.6 Å². The molecule has 0 fully saturated rings. The maximum atomic E-state index is 13.2. The van der Waals surface area contributed by atoms with Crippen LogP contribution in [0.2, 0.25) is 0 Å². The Morgan fingerprint density at radius 1 is 1.07 bits per heavy atom. The Morgan fingerprint density at radius 2 is 1.73 bits per heavy atom. The summed E-state index contributed by atoms with van der Waals surface area (Å²) in [5, 5.41) is 11.5. The number of rotatable bonds is 10. The van der Waals surface area contributed by atoms with E-state index in [1.54, 1.807) is 72.5 Å². The second-order valence-electron chi connectivity index (χ2n) is 12.8. The molecule has 3 heterocycles. The van der Waals surface area contributed by atoms with Gasteiger partial charge in [0.25, 0.3) is 11.5 Å². The summed E-state index contributed by atoms with van der Waals surface area (Å²) < 4.78 is 10.8. The zero-order chi connectivity index (χ0) is 33.7. The van der Waals surface area contributed by atoms with Gasteiger partial charge in [0, 0.05) is 33.5 Å². The highest BCUT2D eigenvalue weighted by Gasteiger charge is 2.30. The average Bonchev–Trinajstić information content (AvgIpc) is 2.88. The van der Waals surface area contributed by atoms with Crippen molar-refractivity contribution in [1.82, 2.24) is 20.3 Å². The van der Waals surface area contributed by atoms with Crippen molar-refractivity contribution < 1.29 is 28.7 Å². The summed E-state index contributed by atoms with van der Waals surface area (Å²) in [5.41, 5.74) is -0.863. The first kappa shape index (κ1) is 34.8. The normalized spacial score (nSPS) is 15.2. The van der Waals surface area contributed by atoms with E-state index in [4.69, 9.17) is 9.47 Å². The molecule has 1 aliphatic heterocycles. The van der Waals surface area contributed by atoms with E-state index >= 15 is 0 Å². The molecule has 0 radical (unpaired) electrons. The Hall–Kier alpha value is -4.69. The minimum absolute atomic E-state index is 0.000654. The van der Waals surface area contributed by atoms with Crippen molar-refractivity contribution in [3.8, 4) is 0 Å². The first-order valence-electron chi connectivity index (χ1n) is 14.7. The van der Waals surface area contributed by atoms with E-state index in [1.807, 2.05) is 0 Å². The highest BCUT2D eigenvalue weighted by Crippen LogP contribution is 2.25. The van der Waals surface area contributed by atoms with Crippen molar-refractivity contribution in [2.45, 2.75) is 91.5 Å². The number of likely N-dealkylation sites (N-methyl/N-ethyl adjacent to an activating group) is 1. The number of H-pyrrole nitrogens is 1. The number of nitrogens with one attached hydrogen (secondary N) is 5. The zero-order valence-corrected chi connectivity index (χ0v) is 27.3. The second kappa shape index (κ2) is 13.9. The van der Waals surface area contributed by atoms with Gasteiger partial charge < -0.3 is 30.3 Å². The highest BCUT2D eigenvalue weighted by atomic mass is 16.6. The number of anilines is 4. The highest BCUT2D eigenvalue weighted by molar-refractivity contribution is 5.98. The smallest absolute Gasteiger partial charge is 0.329 e. The molecule has 45 heavy (non-hydrogen) atoms. The molecule has 0 spiro atoms. The van der Waals surface area contributed by atoms with Crippen LogP contribution in [0.15, 0.2) is 16.9 Å². The summed E-state index contributed by atoms with van der Waals surface area (Å²) in [4.78, 5) is 75.6. The molecule has 0 aromatic carbocycles. The Balaban J connectivity index is 1.67. The molecule has 2 aromatic heterocycles. The lowest BCUT2D eigenvalue weighted by Gasteiger charge is -2.35. The molecule has 5 N–H and O–H groups in total. The van der Waals surface area contributed by atoms with Gasteiger partial charge in [-0.2, -0.15) is 4.98 Å². The SMILES string of the molecule is CC(=O)Nc1nc2c(c(=O)[nH]1)N(C)C(CNc1ccc(C(=O)N[C@@H](CCC(=O)OC(C)(C)C)C(=O)OC(C)(C)C)c(C)n1)CN2. The standard InChI is InChI=1S/C30H44N8O7/c1-16-19(25(41)35-20(27(43)45-30(6,7)8)11-13-22(40)44-29(3,4)5)10-12-21(33-16)31-14-18-15-32-24-23(38(18)9)26(42)37-28(36-24)34-17(2)39/h10,12,18,20H,11,13-15H2,1-9H3,(H,31,33)(H,35,41)(H3,32,34,36,37,39,42)/t18?,20-/m0/s1. The minimum atomic E-state index is -1.08. The zero-order valence-electron chi connectivity index (χ0n) is 27.3. The maximum Gasteiger partial charge on any atom is 0.329 e. The minimum Gasteiger partial charge on any atom is -0.460 e. The molecule has 2 amide bonds. The summed E-state index contributed by atoms with van der Waals surface area (Å²) in [5.74, 6) is -1.10. The molecule has 0 saturated heterocycles. The summed E-state index contributed by atoms with van der Waals surface area (Å²) >= 11 is 0. The monoisotopic (exact) mass is 628 g/mol. The van der Waals surface area contributed by atoms with E-state index in [1.165, 1.54) is 6.92 Å². The van der Waals surface area contributed by atoms with Gasteiger partial charge in [-0.3, -0.25) is 29.5 Å². The van der Waals surface area contributed by atoms with Gasteiger partial charge in [0.2, 0.25) is 11.9 Å². The Morgan fingerprint density at radius 3 is 2.33 bits per heavy atom. The molecule has 1 unspecified atom stereocenters. The van der Waals surface area contributed by atoms with Gasteiger partial charge in [0.15, 0.2) is 5.82 Å². The van der Waals surface area contributed by atoms with Crippen LogP contribution in [0, 0.1) is 6.92 Å². The molecule has 2 aromatic rings. The van der Waals surface area contributed by atoms with Crippen LogP contribution in [0.5, 0.6) is 0 Å². The van der Waals surface area contributed by atoms with Crippen LogP contribution in [-0.4, -0.2) is 82.1 Å². The Bertz CT molecular complexity index is 1490. The lowest BCUT2D eigenvalue weighted by atomic mass is 10.1. The molecular weight excluding hydrogens is 584 g/mol. The van der Waals surface area contributed by atoms with Crippen molar-refractivity contribution >= 4 is 47.0 Å². The van der Waals surface area contributed by atoms with Crippen LogP contribution < -0.4 is 31.7 Å². The number of carbonyl (C=O) groups is 4. The number of aromatic amines is 1. The molecular formula is C30H44N8O7. The van der Waals surface area contributed by atoms with Gasteiger partial charge in [-0.05, 0) is 67.0 Å². The number of hydrogen-bond donors (Lipinski definition) is 5. The first-order valence-corrected chi connectivity index (χ1v) is 14.7. The summed E-state index contributed by atoms with van der Waals surface area (Å²) in [6.45, 7) is 14.3.